The molecule has 0 spiro atoms. The van der Waals surface area contributed by atoms with Crippen LogP contribution in [0.2, 0.25) is 0 Å². The van der Waals surface area contributed by atoms with Crippen LogP contribution in [0.3, 0.4) is 0 Å². The highest BCUT2D eigenvalue weighted by Crippen LogP contribution is 2.14. The van der Waals surface area contributed by atoms with Gasteiger partial charge in [0.2, 0.25) is 5.95 Å². The van der Waals surface area contributed by atoms with E-state index in [9.17, 15) is 0 Å². The summed E-state index contributed by atoms with van der Waals surface area (Å²) >= 11 is 5.10. The van der Waals surface area contributed by atoms with Crippen LogP contribution in [0.5, 0.6) is 0 Å². The summed E-state index contributed by atoms with van der Waals surface area (Å²) in [5.74, 6) is 0.944. The van der Waals surface area contributed by atoms with Gasteiger partial charge in [-0.25, -0.2) is 5.10 Å². The second kappa shape index (κ2) is 3.94. The first kappa shape index (κ1) is 10.6. The number of nitrogens with zero attached hydrogens (tertiary/aromatic N) is 4. The Bertz CT molecular complexity index is 395. The van der Waals surface area contributed by atoms with Gasteiger partial charge < -0.3 is 9.80 Å². The van der Waals surface area contributed by atoms with Gasteiger partial charge in [0.05, 0.1) is 0 Å². The Hall–Kier alpha value is -0.880. The Kier molecular flexibility index (Phi) is 2.79. The SMILES string of the molecule is CC1CN(c2n[nH]c(=S)n2C)CCN1C. The highest BCUT2D eigenvalue weighted by molar-refractivity contribution is 7.71. The van der Waals surface area contributed by atoms with Crippen molar-refractivity contribution < 1.29 is 0 Å². The molecule has 1 aliphatic rings. The molecule has 1 fully saturated rings. The first-order valence-corrected chi connectivity index (χ1v) is 5.57. The number of hydrogen-bond donors (Lipinski definition) is 1. The van der Waals surface area contributed by atoms with E-state index < -0.39 is 0 Å². The molecule has 6 heteroatoms. The zero-order valence-corrected chi connectivity index (χ0v) is 10.2. The van der Waals surface area contributed by atoms with Crippen LogP contribution in [-0.4, -0.2) is 52.4 Å². The van der Waals surface area contributed by atoms with E-state index in [1.165, 1.54) is 0 Å². The topological polar surface area (TPSA) is 40.1 Å². The third-order valence-corrected chi connectivity index (χ3v) is 3.46. The van der Waals surface area contributed by atoms with Crippen LogP contribution in [0.4, 0.5) is 5.95 Å². The summed E-state index contributed by atoms with van der Waals surface area (Å²) in [5, 5.41) is 7.07. The molecule has 2 rings (SSSR count). The van der Waals surface area contributed by atoms with E-state index in [0.29, 0.717) is 10.8 Å². The number of anilines is 1. The molecule has 1 N–H and O–H groups in total. The van der Waals surface area contributed by atoms with Crippen LogP contribution in [-0.2, 0) is 7.05 Å². The summed E-state index contributed by atoms with van der Waals surface area (Å²) in [7, 11) is 4.11. The van der Waals surface area contributed by atoms with Crippen molar-refractivity contribution in [3.63, 3.8) is 0 Å². The molecule has 0 amide bonds. The minimum atomic E-state index is 0.559. The number of H-pyrrole nitrogens is 1. The summed E-state index contributed by atoms with van der Waals surface area (Å²) in [6.07, 6.45) is 0. The van der Waals surface area contributed by atoms with Crippen molar-refractivity contribution in [2.24, 2.45) is 7.05 Å². The number of piperazine rings is 1. The number of aromatic amines is 1. The Labute approximate surface area is 94.7 Å². The smallest absolute Gasteiger partial charge is 0.225 e. The van der Waals surface area contributed by atoms with Gasteiger partial charge in [0.1, 0.15) is 0 Å². The third kappa shape index (κ3) is 1.91. The van der Waals surface area contributed by atoms with Gasteiger partial charge >= 0.3 is 0 Å². The van der Waals surface area contributed by atoms with Gasteiger partial charge in [0.25, 0.3) is 0 Å². The molecule has 0 aliphatic carbocycles. The van der Waals surface area contributed by atoms with E-state index in [-0.39, 0.29) is 0 Å². The molecule has 1 aromatic heterocycles. The highest BCUT2D eigenvalue weighted by Gasteiger charge is 2.23. The Balaban J connectivity index is 2.19. The summed E-state index contributed by atoms with van der Waals surface area (Å²) in [5.41, 5.74) is 0. The predicted octanol–water partition coefficient (Wildman–Crippen LogP) is 0.618. The minimum absolute atomic E-state index is 0.559. The minimum Gasteiger partial charge on any atom is -0.338 e. The highest BCUT2D eigenvalue weighted by atomic mass is 32.1. The largest absolute Gasteiger partial charge is 0.338 e. The molecular weight excluding hydrogens is 210 g/mol. The number of likely N-dealkylation sites (N-methyl/N-ethyl adjacent to an activating group) is 1. The van der Waals surface area contributed by atoms with Crippen LogP contribution in [0.15, 0.2) is 0 Å². The molecule has 5 nitrogen and oxygen atoms in total. The lowest BCUT2D eigenvalue weighted by molar-refractivity contribution is 0.232. The van der Waals surface area contributed by atoms with Crippen LogP contribution in [0.25, 0.3) is 0 Å². The van der Waals surface area contributed by atoms with Crippen molar-refractivity contribution in [1.82, 2.24) is 19.7 Å². The fraction of sp³-hybridized carbons (Fsp3) is 0.778. The second-order valence-electron chi connectivity index (χ2n) is 4.16. The zero-order valence-electron chi connectivity index (χ0n) is 9.40. The maximum absolute atomic E-state index is 5.10. The first-order chi connectivity index (χ1) is 7.09. The quantitative estimate of drug-likeness (QED) is 0.714. The lowest BCUT2D eigenvalue weighted by Gasteiger charge is -2.37. The third-order valence-electron chi connectivity index (χ3n) is 3.10. The van der Waals surface area contributed by atoms with Crippen molar-refractivity contribution in [1.29, 1.82) is 0 Å². The molecule has 84 valence electrons. The van der Waals surface area contributed by atoms with Crippen molar-refractivity contribution in [3.05, 3.63) is 4.77 Å². The van der Waals surface area contributed by atoms with Gasteiger partial charge in [-0.2, -0.15) is 0 Å². The van der Waals surface area contributed by atoms with Crippen molar-refractivity contribution >= 4 is 18.2 Å². The van der Waals surface area contributed by atoms with Crippen molar-refractivity contribution in [2.45, 2.75) is 13.0 Å². The Morgan fingerprint density at radius 2 is 2.13 bits per heavy atom. The van der Waals surface area contributed by atoms with Gasteiger partial charge in [-0.05, 0) is 26.2 Å². The number of nitrogens with one attached hydrogen (secondary N) is 1. The molecule has 0 saturated carbocycles. The summed E-state index contributed by atoms with van der Waals surface area (Å²) in [6.45, 7) is 5.31. The summed E-state index contributed by atoms with van der Waals surface area (Å²) < 4.78 is 2.60. The Morgan fingerprint density at radius 1 is 1.40 bits per heavy atom. The molecule has 1 atom stereocenters. The first-order valence-electron chi connectivity index (χ1n) is 5.16. The van der Waals surface area contributed by atoms with Crippen molar-refractivity contribution in [3.8, 4) is 0 Å². The molecule has 1 unspecified atom stereocenters. The van der Waals surface area contributed by atoms with Crippen molar-refractivity contribution in [2.75, 3.05) is 31.6 Å². The lowest BCUT2D eigenvalue weighted by Crippen LogP contribution is -2.50. The molecular formula is C9H17N5S. The van der Waals surface area contributed by atoms with E-state index in [2.05, 4.69) is 34.0 Å². The predicted molar refractivity (Wildman–Crippen MR) is 62.7 cm³/mol. The number of aromatic nitrogens is 3. The van der Waals surface area contributed by atoms with Crippen LogP contribution >= 0.6 is 12.2 Å². The average Bonchev–Trinajstić information content (AvgIpc) is 2.53. The zero-order chi connectivity index (χ0) is 11.0. The molecule has 0 aromatic carbocycles. The lowest BCUT2D eigenvalue weighted by atomic mass is 10.2. The molecule has 1 saturated heterocycles. The standard InChI is InChI=1S/C9H17N5S/c1-7-6-14(5-4-12(7)2)8-10-11-9(15)13(8)3/h7H,4-6H2,1-3H3,(H,11,15). The van der Waals surface area contributed by atoms with E-state index in [1.807, 2.05) is 11.6 Å². The maximum atomic E-state index is 5.10. The van der Waals surface area contributed by atoms with Gasteiger partial charge in [0.15, 0.2) is 4.77 Å². The monoisotopic (exact) mass is 227 g/mol. The van der Waals surface area contributed by atoms with E-state index in [0.717, 1.165) is 25.6 Å². The summed E-state index contributed by atoms with van der Waals surface area (Å²) in [4.78, 5) is 4.63. The maximum Gasteiger partial charge on any atom is 0.225 e. The van der Waals surface area contributed by atoms with Gasteiger partial charge in [-0.1, -0.05) is 0 Å². The number of rotatable bonds is 1. The van der Waals surface area contributed by atoms with Crippen LogP contribution < -0.4 is 4.90 Å². The van der Waals surface area contributed by atoms with Crippen LogP contribution in [0.1, 0.15) is 6.92 Å². The van der Waals surface area contributed by atoms with Gasteiger partial charge in [-0.3, -0.25) is 4.57 Å². The Morgan fingerprint density at radius 3 is 2.67 bits per heavy atom. The molecule has 0 radical (unpaired) electrons. The van der Waals surface area contributed by atoms with Gasteiger partial charge in [-0.15, -0.1) is 5.10 Å². The number of hydrogen-bond acceptors (Lipinski definition) is 4. The molecule has 15 heavy (non-hydrogen) atoms. The van der Waals surface area contributed by atoms with E-state index >= 15 is 0 Å². The van der Waals surface area contributed by atoms with Gasteiger partial charge in [0, 0.05) is 32.7 Å². The molecule has 1 aromatic rings. The fourth-order valence-corrected chi connectivity index (χ4v) is 1.98. The molecule has 2 heterocycles. The summed E-state index contributed by atoms with van der Waals surface area (Å²) in [6, 6.07) is 0.559. The van der Waals surface area contributed by atoms with E-state index in [4.69, 9.17) is 12.2 Å². The normalized spacial score (nSPS) is 23.4. The van der Waals surface area contributed by atoms with Crippen LogP contribution in [0, 0.1) is 4.77 Å². The molecule has 0 bridgehead atoms. The molecule has 1 aliphatic heterocycles. The average molecular weight is 227 g/mol. The van der Waals surface area contributed by atoms with E-state index in [1.54, 1.807) is 0 Å². The second-order valence-corrected chi connectivity index (χ2v) is 4.55. The fourth-order valence-electron chi connectivity index (χ4n) is 1.85.